The summed E-state index contributed by atoms with van der Waals surface area (Å²) in [5, 5.41) is 3.56. The summed E-state index contributed by atoms with van der Waals surface area (Å²) in [4.78, 5) is 29.8. The zero-order valence-corrected chi connectivity index (χ0v) is 28.5. The minimum Gasteiger partial charge on any atom is -0.493 e. The number of para-hydroxylation sites is 1. The third kappa shape index (κ3) is 9.05. The van der Waals surface area contributed by atoms with Crippen LogP contribution < -0.4 is 19.1 Å². The largest absolute Gasteiger partial charge is 0.493 e. The summed E-state index contributed by atoms with van der Waals surface area (Å²) in [5.74, 6) is -0.312. The Morgan fingerprint density at radius 1 is 0.830 bits per heavy atom. The van der Waals surface area contributed by atoms with Gasteiger partial charge in [0, 0.05) is 30.1 Å². The second kappa shape index (κ2) is 16.3. The summed E-state index contributed by atoms with van der Waals surface area (Å²) in [7, 11) is -1.44. The van der Waals surface area contributed by atoms with Gasteiger partial charge in [0.15, 0.2) is 11.5 Å². The van der Waals surface area contributed by atoms with Gasteiger partial charge in [0.05, 0.1) is 24.8 Å². The quantitative estimate of drug-likeness (QED) is 0.163. The number of sulfonamides is 1. The van der Waals surface area contributed by atoms with Crippen molar-refractivity contribution in [1.82, 2.24) is 10.2 Å². The molecule has 47 heavy (non-hydrogen) atoms. The van der Waals surface area contributed by atoms with Crippen molar-refractivity contribution < 1.29 is 27.5 Å². The van der Waals surface area contributed by atoms with Gasteiger partial charge in [-0.05, 0) is 60.9 Å². The van der Waals surface area contributed by atoms with Crippen molar-refractivity contribution in [2.45, 2.75) is 50.2 Å². The van der Waals surface area contributed by atoms with Gasteiger partial charge in [-0.3, -0.25) is 13.9 Å². The number of nitrogens with zero attached hydrogens (tertiary/aromatic N) is 2. The topological polar surface area (TPSA) is 105 Å². The molecule has 1 N–H and O–H groups in total. The van der Waals surface area contributed by atoms with Crippen LogP contribution in [-0.4, -0.2) is 58.0 Å². The first-order valence-electron chi connectivity index (χ1n) is 15.2. The fourth-order valence-corrected chi connectivity index (χ4v) is 6.56. The lowest BCUT2D eigenvalue weighted by atomic mass is 10.0. The van der Waals surface area contributed by atoms with Crippen molar-refractivity contribution in [3.8, 4) is 11.5 Å². The summed E-state index contributed by atoms with van der Waals surface area (Å²) >= 11 is 6.16. The lowest BCUT2D eigenvalue weighted by Crippen LogP contribution is -2.54. The lowest BCUT2D eigenvalue weighted by molar-refractivity contribution is -0.140. The van der Waals surface area contributed by atoms with Gasteiger partial charge in [-0.25, -0.2) is 8.42 Å². The highest BCUT2D eigenvalue weighted by Gasteiger charge is 2.35. The third-order valence-electron chi connectivity index (χ3n) is 7.80. The molecule has 11 heteroatoms. The second-order valence-electron chi connectivity index (χ2n) is 11.0. The molecule has 0 aromatic heterocycles. The Kier molecular flexibility index (Phi) is 12.3. The van der Waals surface area contributed by atoms with Crippen LogP contribution in [0, 0.1) is 0 Å². The Bertz CT molecular complexity index is 1740. The van der Waals surface area contributed by atoms with E-state index in [0.29, 0.717) is 17.2 Å². The van der Waals surface area contributed by atoms with Gasteiger partial charge >= 0.3 is 0 Å². The number of hydrogen-bond acceptors (Lipinski definition) is 6. The van der Waals surface area contributed by atoms with Crippen molar-refractivity contribution in [3.63, 3.8) is 0 Å². The van der Waals surface area contributed by atoms with Gasteiger partial charge in [-0.1, -0.05) is 79.2 Å². The fraction of sp³-hybridized carbons (Fsp3) is 0.278. The molecule has 0 heterocycles. The van der Waals surface area contributed by atoms with Crippen LogP contribution >= 0.6 is 11.6 Å². The molecule has 0 aliphatic rings. The predicted molar refractivity (Wildman–Crippen MR) is 184 cm³/mol. The summed E-state index contributed by atoms with van der Waals surface area (Å²) in [6.07, 6.45) is 0.913. The summed E-state index contributed by atoms with van der Waals surface area (Å²) in [6, 6.07) is 28.0. The van der Waals surface area contributed by atoms with E-state index < -0.39 is 28.5 Å². The SMILES string of the molecule is CCC(C)NC(=O)C(Cc1ccccc1)N(Cc1ccc(Cl)cc1)C(=O)CN(c1ccccc1)S(=O)(=O)c1ccc(OC)c(OC)c1. The molecule has 2 atom stereocenters. The molecule has 0 fully saturated rings. The van der Waals surface area contributed by atoms with Crippen LogP contribution in [0.3, 0.4) is 0 Å². The van der Waals surface area contributed by atoms with E-state index in [-0.39, 0.29) is 41.2 Å². The zero-order chi connectivity index (χ0) is 34.0. The van der Waals surface area contributed by atoms with Crippen molar-refractivity contribution in [2.24, 2.45) is 0 Å². The average Bonchev–Trinajstić information content (AvgIpc) is 3.09. The smallest absolute Gasteiger partial charge is 0.264 e. The Morgan fingerprint density at radius 2 is 1.45 bits per heavy atom. The lowest BCUT2D eigenvalue weighted by Gasteiger charge is -2.34. The minimum atomic E-state index is -4.31. The number of hydrogen-bond donors (Lipinski definition) is 1. The molecule has 0 radical (unpaired) electrons. The Morgan fingerprint density at radius 3 is 2.04 bits per heavy atom. The highest BCUT2D eigenvalue weighted by atomic mass is 35.5. The van der Waals surface area contributed by atoms with E-state index in [4.69, 9.17) is 21.1 Å². The molecular weight excluding hydrogens is 638 g/mol. The standard InChI is InChI=1S/C36H40ClN3O6S/c1-5-26(2)38-36(42)32(22-27-12-8-6-9-13-27)39(24-28-16-18-29(37)19-17-28)35(41)25-40(30-14-10-7-11-15-30)47(43,44)31-20-21-33(45-3)34(23-31)46-4/h6-21,23,26,32H,5,22,24-25H2,1-4H3,(H,38,42). The van der Waals surface area contributed by atoms with Crippen LogP contribution in [0.25, 0.3) is 0 Å². The van der Waals surface area contributed by atoms with E-state index in [1.54, 1.807) is 54.6 Å². The van der Waals surface area contributed by atoms with Crippen LogP contribution in [0.15, 0.2) is 108 Å². The van der Waals surface area contributed by atoms with Crippen LogP contribution in [0.5, 0.6) is 11.5 Å². The highest BCUT2D eigenvalue weighted by Crippen LogP contribution is 2.32. The number of carbonyl (C=O) groups excluding carboxylic acids is 2. The summed E-state index contributed by atoms with van der Waals surface area (Å²) in [5.41, 5.74) is 1.86. The van der Waals surface area contributed by atoms with Crippen molar-refractivity contribution >= 4 is 39.1 Å². The molecule has 0 aliphatic heterocycles. The molecule has 0 saturated carbocycles. The van der Waals surface area contributed by atoms with Gasteiger partial charge in [0.25, 0.3) is 10.0 Å². The number of halogens is 1. The van der Waals surface area contributed by atoms with Gasteiger partial charge in [-0.2, -0.15) is 0 Å². The number of methoxy groups -OCH3 is 2. The molecular formula is C36H40ClN3O6S. The molecule has 0 saturated heterocycles. The monoisotopic (exact) mass is 677 g/mol. The molecule has 2 amide bonds. The third-order valence-corrected chi connectivity index (χ3v) is 9.83. The molecule has 248 valence electrons. The van der Waals surface area contributed by atoms with E-state index in [2.05, 4.69) is 5.32 Å². The Balaban J connectivity index is 1.81. The molecule has 9 nitrogen and oxygen atoms in total. The maximum absolute atomic E-state index is 14.6. The van der Waals surface area contributed by atoms with Crippen LogP contribution in [0.4, 0.5) is 5.69 Å². The number of benzene rings is 4. The number of ether oxygens (including phenoxy) is 2. The van der Waals surface area contributed by atoms with Gasteiger partial charge in [0.2, 0.25) is 11.8 Å². The van der Waals surface area contributed by atoms with E-state index in [0.717, 1.165) is 15.4 Å². The van der Waals surface area contributed by atoms with Crippen molar-refractivity contribution in [3.05, 3.63) is 119 Å². The van der Waals surface area contributed by atoms with Crippen molar-refractivity contribution in [1.29, 1.82) is 0 Å². The molecule has 0 spiro atoms. The highest BCUT2D eigenvalue weighted by molar-refractivity contribution is 7.92. The van der Waals surface area contributed by atoms with E-state index in [9.17, 15) is 18.0 Å². The number of anilines is 1. The maximum atomic E-state index is 14.6. The Labute approximate surface area is 282 Å². The first-order chi connectivity index (χ1) is 22.6. The van der Waals surface area contributed by atoms with Gasteiger partial charge in [0.1, 0.15) is 12.6 Å². The first kappa shape index (κ1) is 35.3. The van der Waals surface area contributed by atoms with Crippen LogP contribution in [0.2, 0.25) is 5.02 Å². The maximum Gasteiger partial charge on any atom is 0.264 e. The van der Waals surface area contributed by atoms with Gasteiger partial charge < -0.3 is 19.7 Å². The number of rotatable bonds is 15. The average molecular weight is 678 g/mol. The first-order valence-corrected chi connectivity index (χ1v) is 17.1. The Hall–Kier alpha value is -4.54. The molecule has 4 aromatic carbocycles. The van der Waals surface area contributed by atoms with Crippen LogP contribution in [-0.2, 0) is 32.6 Å². The molecule has 0 aliphatic carbocycles. The van der Waals surface area contributed by atoms with E-state index >= 15 is 0 Å². The number of carbonyl (C=O) groups is 2. The fourth-order valence-electron chi connectivity index (χ4n) is 5.01. The molecule has 4 rings (SSSR count). The van der Waals surface area contributed by atoms with Crippen LogP contribution in [0.1, 0.15) is 31.4 Å². The minimum absolute atomic E-state index is 0.0421. The zero-order valence-electron chi connectivity index (χ0n) is 26.9. The second-order valence-corrected chi connectivity index (χ2v) is 13.3. The summed E-state index contributed by atoms with van der Waals surface area (Å²) < 4.78 is 40.3. The summed E-state index contributed by atoms with van der Waals surface area (Å²) in [6.45, 7) is 3.33. The molecule has 0 bridgehead atoms. The number of amides is 2. The number of nitrogens with one attached hydrogen (secondary N) is 1. The molecule has 2 unspecified atom stereocenters. The van der Waals surface area contributed by atoms with Gasteiger partial charge in [-0.15, -0.1) is 0 Å². The van der Waals surface area contributed by atoms with E-state index in [1.807, 2.05) is 44.2 Å². The van der Waals surface area contributed by atoms with E-state index in [1.165, 1.54) is 37.3 Å². The van der Waals surface area contributed by atoms with Crippen molar-refractivity contribution in [2.75, 3.05) is 25.1 Å². The predicted octanol–water partition coefficient (Wildman–Crippen LogP) is 6.11. The normalized spacial score (nSPS) is 12.4. The molecule has 4 aromatic rings.